The summed E-state index contributed by atoms with van der Waals surface area (Å²) in [5.41, 5.74) is 0.484. The van der Waals surface area contributed by atoms with Crippen molar-refractivity contribution < 1.29 is 32.6 Å². The summed E-state index contributed by atoms with van der Waals surface area (Å²) < 4.78 is 46.9. The van der Waals surface area contributed by atoms with Crippen LogP contribution >= 0.6 is 11.6 Å². The highest BCUT2D eigenvalue weighted by Gasteiger charge is 2.47. The number of hydrogen-bond donors (Lipinski definition) is 1. The molecule has 2 aromatic carbocycles. The van der Waals surface area contributed by atoms with Gasteiger partial charge in [-0.05, 0) is 68.2 Å². The molecular formula is C30H38ClF3N2O4. The molecule has 1 N–H and O–H groups in total. The third-order valence-electron chi connectivity index (χ3n) is 7.47. The van der Waals surface area contributed by atoms with Gasteiger partial charge in [-0.15, -0.1) is 0 Å². The van der Waals surface area contributed by atoms with Crippen LogP contribution in [0.15, 0.2) is 48.5 Å². The van der Waals surface area contributed by atoms with Gasteiger partial charge in [-0.2, -0.15) is 13.2 Å². The SMILES string of the molecule is CO.O=C(c1ccc(OCCCCC2CCN(C(=O)C(c3ccccc3)C(F)(F)F)CC2)cc1Cl)N1CCCC1. The van der Waals surface area contributed by atoms with Crippen molar-refractivity contribution in [2.24, 2.45) is 5.92 Å². The molecule has 0 aliphatic carbocycles. The lowest BCUT2D eigenvalue weighted by atomic mass is 9.90. The number of benzene rings is 2. The molecule has 1 atom stereocenters. The lowest BCUT2D eigenvalue weighted by Gasteiger charge is -2.35. The standard InChI is InChI=1S/C29H34ClF3N2O3.CH4O/c30-25-20-23(11-12-24(25)27(36)34-15-5-6-16-34)38-19-7-4-8-21-13-17-35(18-14-21)28(37)26(29(31,32)33)22-9-2-1-3-10-22;1-2/h1-3,9-12,20-21,26H,4-8,13-19H2;2H,1H3. The number of aliphatic hydroxyl groups is 1. The number of carbonyl (C=O) groups is 2. The van der Waals surface area contributed by atoms with E-state index in [0.717, 1.165) is 52.3 Å². The third-order valence-corrected chi connectivity index (χ3v) is 7.79. The van der Waals surface area contributed by atoms with Gasteiger partial charge in [0.2, 0.25) is 5.91 Å². The maximum Gasteiger partial charge on any atom is 0.404 e. The molecule has 2 aromatic rings. The van der Waals surface area contributed by atoms with Crippen molar-refractivity contribution in [1.82, 2.24) is 9.80 Å². The molecule has 2 amide bonds. The lowest BCUT2D eigenvalue weighted by Crippen LogP contribution is -2.44. The maximum absolute atomic E-state index is 13.7. The zero-order valence-corrected chi connectivity index (χ0v) is 23.6. The van der Waals surface area contributed by atoms with Gasteiger partial charge in [-0.3, -0.25) is 9.59 Å². The van der Waals surface area contributed by atoms with Crippen LogP contribution in [0.2, 0.25) is 5.02 Å². The van der Waals surface area contributed by atoms with Crippen LogP contribution in [-0.2, 0) is 4.79 Å². The van der Waals surface area contributed by atoms with Crippen molar-refractivity contribution >= 4 is 23.4 Å². The second-order valence-corrected chi connectivity index (χ2v) is 10.5. The Labute approximate surface area is 239 Å². The Balaban J connectivity index is 0.00000216. The van der Waals surface area contributed by atoms with Gasteiger partial charge in [0, 0.05) is 33.3 Å². The zero-order valence-electron chi connectivity index (χ0n) is 22.8. The summed E-state index contributed by atoms with van der Waals surface area (Å²) in [6.45, 7) is 2.74. The van der Waals surface area contributed by atoms with Crippen LogP contribution in [0.3, 0.4) is 0 Å². The first-order valence-corrected chi connectivity index (χ1v) is 14.2. The minimum atomic E-state index is -4.62. The number of rotatable bonds is 9. The summed E-state index contributed by atoms with van der Waals surface area (Å²) in [5.74, 6) is -2.01. The monoisotopic (exact) mass is 582 g/mol. The Morgan fingerprint density at radius 3 is 2.23 bits per heavy atom. The molecule has 10 heteroatoms. The molecule has 6 nitrogen and oxygen atoms in total. The van der Waals surface area contributed by atoms with E-state index in [0.29, 0.717) is 54.8 Å². The molecule has 0 bridgehead atoms. The van der Waals surface area contributed by atoms with Crippen molar-refractivity contribution in [3.8, 4) is 5.75 Å². The largest absolute Gasteiger partial charge is 0.494 e. The maximum atomic E-state index is 13.7. The lowest BCUT2D eigenvalue weighted by molar-refractivity contribution is -0.172. The first-order chi connectivity index (χ1) is 19.2. The number of nitrogens with zero attached hydrogens (tertiary/aromatic N) is 2. The Bertz CT molecular complexity index is 1090. The molecule has 4 rings (SSSR count). The van der Waals surface area contributed by atoms with Crippen LogP contribution < -0.4 is 4.74 Å². The molecule has 0 saturated carbocycles. The van der Waals surface area contributed by atoms with E-state index in [1.165, 1.54) is 29.2 Å². The van der Waals surface area contributed by atoms with Gasteiger partial charge in [0.05, 0.1) is 17.2 Å². The molecule has 0 aromatic heterocycles. The number of piperidine rings is 1. The Hall–Kier alpha value is -2.78. The summed E-state index contributed by atoms with van der Waals surface area (Å²) in [6, 6.07) is 12.6. The Morgan fingerprint density at radius 1 is 0.975 bits per heavy atom. The average molecular weight is 583 g/mol. The Morgan fingerprint density at radius 2 is 1.62 bits per heavy atom. The summed E-state index contributed by atoms with van der Waals surface area (Å²) in [6.07, 6.45) is 1.52. The number of carbonyl (C=O) groups excluding carboxylic acids is 2. The number of ether oxygens (including phenoxy) is 1. The second kappa shape index (κ2) is 15.3. The highest BCUT2D eigenvalue weighted by molar-refractivity contribution is 6.34. The number of likely N-dealkylation sites (tertiary alicyclic amines) is 2. The number of unbranched alkanes of at least 4 members (excludes halogenated alkanes) is 1. The summed E-state index contributed by atoms with van der Waals surface area (Å²) in [5, 5.41) is 7.39. The summed E-state index contributed by atoms with van der Waals surface area (Å²) in [4.78, 5) is 28.5. The minimum absolute atomic E-state index is 0.0127. The molecule has 2 aliphatic rings. The number of hydrogen-bond acceptors (Lipinski definition) is 4. The highest BCUT2D eigenvalue weighted by Crippen LogP contribution is 2.37. The molecule has 220 valence electrons. The predicted molar refractivity (Wildman–Crippen MR) is 149 cm³/mol. The van der Waals surface area contributed by atoms with E-state index >= 15 is 0 Å². The second-order valence-electron chi connectivity index (χ2n) is 10.1. The fraction of sp³-hybridized carbons (Fsp3) is 0.533. The van der Waals surface area contributed by atoms with E-state index in [-0.39, 0.29) is 11.5 Å². The Kier molecular flexibility index (Phi) is 12.1. The van der Waals surface area contributed by atoms with Gasteiger partial charge in [0.1, 0.15) is 5.75 Å². The first kappa shape index (κ1) is 31.7. The third kappa shape index (κ3) is 8.61. The quantitative estimate of drug-likeness (QED) is 0.351. The van der Waals surface area contributed by atoms with Gasteiger partial charge >= 0.3 is 6.18 Å². The van der Waals surface area contributed by atoms with Crippen LogP contribution in [0.5, 0.6) is 5.75 Å². The molecule has 1 unspecified atom stereocenters. The van der Waals surface area contributed by atoms with Crippen LogP contribution in [0.25, 0.3) is 0 Å². The van der Waals surface area contributed by atoms with E-state index in [1.54, 1.807) is 24.3 Å². The first-order valence-electron chi connectivity index (χ1n) is 13.8. The van der Waals surface area contributed by atoms with Crippen LogP contribution in [0.1, 0.15) is 66.8 Å². The van der Waals surface area contributed by atoms with Gasteiger partial charge in [0.25, 0.3) is 5.91 Å². The number of amides is 2. The fourth-order valence-corrected chi connectivity index (χ4v) is 5.57. The van der Waals surface area contributed by atoms with E-state index in [4.69, 9.17) is 21.4 Å². The van der Waals surface area contributed by atoms with Crippen molar-refractivity contribution in [3.05, 3.63) is 64.7 Å². The van der Waals surface area contributed by atoms with Crippen molar-refractivity contribution in [2.75, 3.05) is 39.9 Å². The zero-order chi connectivity index (χ0) is 29.1. The number of alkyl halides is 3. The van der Waals surface area contributed by atoms with Crippen LogP contribution in [0.4, 0.5) is 13.2 Å². The van der Waals surface area contributed by atoms with Gasteiger partial charge in [-0.25, -0.2) is 0 Å². The van der Waals surface area contributed by atoms with Crippen LogP contribution in [-0.4, -0.2) is 72.8 Å². The fourth-order valence-electron chi connectivity index (χ4n) is 5.32. The molecule has 40 heavy (non-hydrogen) atoms. The molecule has 0 spiro atoms. The van der Waals surface area contributed by atoms with Crippen molar-refractivity contribution in [3.63, 3.8) is 0 Å². The molecule has 2 aliphatic heterocycles. The summed E-state index contributed by atoms with van der Waals surface area (Å²) >= 11 is 6.34. The smallest absolute Gasteiger partial charge is 0.404 e. The number of halogens is 4. The molecule has 2 heterocycles. The van der Waals surface area contributed by atoms with Gasteiger partial charge < -0.3 is 19.6 Å². The van der Waals surface area contributed by atoms with E-state index in [1.807, 2.05) is 4.90 Å². The highest BCUT2D eigenvalue weighted by atomic mass is 35.5. The van der Waals surface area contributed by atoms with Crippen molar-refractivity contribution in [2.45, 2.75) is 57.0 Å². The predicted octanol–water partition coefficient (Wildman–Crippen LogP) is 6.32. The molecule has 0 radical (unpaired) electrons. The normalized spacial score (nSPS) is 16.8. The van der Waals surface area contributed by atoms with Gasteiger partial charge in [-0.1, -0.05) is 48.4 Å². The number of aliphatic hydroxyl groups excluding tert-OH is 1. The molecule has 2 fully saturated rings. The van der Waals surface area contributed by atoms with E-state index in [2.05, 4.69) is 0 Å². The molecular weight excluding hydrogens is 545 g/mol. The van der Waals surface area contributed by atoms with E-state index < -0.39 is 18.0 Å². The summed E-state index contributed by atoms with van der Waals surface area (Å²) in [7, 11) is 1.00. The van der Waals surface area contributed by atoms with Gasteiger partial charge in [0.15, 0.2) is 5.92 Å². The average Bonchev–Trinajstić information content (AvgIpc) is 3.49. The van der Waals surface area contributed by atoms with Crippen LogP contribution in [0, 0.1) is 5.92 Å². The molecule has 2 saturated heterocycles. The van der Waals surface area contributed by atoms with E-state index in [9.17, 15) is 22.8 Å². The minimum Gasteiger partial charge on any atom is -0.494 e. The van der Waals surface area contributed by atoms with Crippen molar-refractivity contribution in [1.29, 1.82) is 0 Å². The topological polar surface area (TPSA) is 70.1 Å².